The second-order valence-corrected chi connectivity index (χ2v) is 3.87. The quantitative estimate of drug-likeness (QED) is 0.288. The fourth-order valence-corrected chi connectivity index (χ4v) is 1.10. The van der Waals surface area contributed by atoms with Crippen LogP contribution in [-0.4, -0.2) is 63.3 Å². The van der Waals surface area contributed by atoms with Crippen molar-refractivity contribution in [3.8, 4) is 0 Å². The fraction of sp³-hybridized carbons (Fsp3) is 0.571. The SMILES string of the molecule is C=CC(=O)OCCOCCOCCOCCC(=C)C(=O)O. The van der Waals surface area contributed by atoms with Crippen molar-refractivity contribution in [3.63, 3.8) is 0 Å². The Labute approximate surface area is 124 Å². The van der Waals surface area contributed by atoms with Gasteiger partial charge in [0.25, 0.3) is 0 Å². The van der Waals surface area contributed by atoms with Crippen LogP contribution in [0.3, 0.4) is 0 Å². The zero-order chi connectivity index (χ0) is 15.9. The largest absolute Gasteiger partial charge is 0.478 e. The van der Waals surface area contributed by atoms with Gasteiger partial charge in [-0.1, -0.05) is 13.2 Å². The number of carboxylic acids is 1. The van der Waals surface area contributed by atoms with E-state index in [9.17, 15) is 9.59 Å². The number of ether oxygens (including phenoxy) is 4. The Hall–Kier alpha value is -1.70. The van der Waals surface area contributed by atoms with Gasteiger partial charge in [-0.3, -0.25) is 0 Å². The molecule has 0 bridgehead atoms. The first-order valence-electron chi connectivity index (χ1n) is 6.51. The van der Waals surface area contributed by atoms with Crippen LogP contribution in [0.25, 0.3) is 0 Å². The summed E-state index contributed by atoms with van der Waals surface area (Å²) in [5.41, 5.74) is 0.126. The standard InChI is InChI=1S/C14H22O7/c1-3-13(15)21-11-10-20-9-8-19-7-6-18-5-4-12(2)14(16)17/h3H,1-2,4-11H2,(H,16,17). The highest BCUT2D eigenvalue weighted by Gasteiger charge is 2.02. The van der Waals surface area contributed by atoms with Crippen LogP contribution in [0.15, 0.2) is 24.8 Å². The highest BCUT2D eigenvalue weighted by Crippen LogP contribution is 1.97. The predicted molar refractivity (Wildman–Crippen MR) is 75.0 cm³/mol. The summed E-state index contributed by atoms with van der Waals surface area (Å²) in [5, 5.41) is 8.56. The molecule has 120 valence electrons. The normalized spacial score (nSPS) is 10.1. The van der Waals surface area contributed by atoms with Crippen molar-refractivity contribution in [3.05, 3.63) is 24.8 Å². The minimum atomic E-state index is -1.01. The van der Waals surface area contributed by atoms with Crippen LogP contribution in [0, 0.1) is 0 Å². The number of esters is 1. The third-order valence-corrected chi connectivity index (χ3v) is 2.23. The third-order valence-electron chi connectivity index (χ3n) is 2.23. The monoisotopic (exact) mass is 302 g/mol. The summed E-state index contributed by atoms with van der Waals surface area (Å²) in [6.07, 6.45) is 1.39. The molecule has 0 heterocycles. The molecule has 21 heavy (non-hydrogen) atoms. The number of hydrogen-bond donors (Lipinski definition) is 1. The number of rotatable bonds is 14. The molecule has 0 aromatic carbocycles. The van der Waals surface area contributed by atoms with Gasteiger partial charge < -0.3 is 24.1 Å². The Bertz CT molecular complexity index is 338. The van der Waals surface area contributed by atoms with Crippen LogP contribution in [0.2, 0.25) is 0 Å². The van der Waals surface area contributed by atoms with E-state index in [-0.39, 0.29) is 12.2 Å². The smallest absolute Gasteiger partial charge is 0.331 e. The number of carbonyl (C=O) groups is 2. The van der Waals surface area contributed by atoms with E-state index in [4.69, 9.17) is 24.1 Å². The molecule has 0 atom stereocenters. The maximum atomic E-state index is 10.7. The molecule has 0 unspecified atom stereocenters. The molecule has 0 aromatic heterocycles. The first-order chi connectivity index (χ1) is 10.1. The summed E-state index contributed by atoms with van der Waals surface area (Å²) in [6, 6.07) is 0. The average Bonchev–Trinajstić information content (AvgIpc) is 2.47. The van der Waals surface area contributed by atoms with E-state index in [1.165, 1.54) is 0 Å². The fourth-order valence-electron chi connectivity index (χ4n) is 1.10. The van der Waals surface area contributed by atoms with Crippen molar-refractivity contribution < 1.29 is 33.6 Å². The molecule has 0 saturated heterocycles. The van der Waals surface area contributed by atoms with E-state index in [0.29, 0.717) is 46.1 Å². The number of hydrogen-bond acceptors (Lipinski definition) is 6. The van der Waals surface area contributed by atoms with E-state index in [1.807, 2.05) is 0 Å². The van der Waals surface area contributed by atoms with Gasteiger partial charge in [-0.05, 0) is 0 Å². The second-order valence-electron chi connectivity index (χ2n) is 3.87. The van der Waals surface area contributed by atoms with E-state index in [1.54, 1.807) is 0 Å². The van der Waals surface area contributed by atoms with Crippen molar-refractivity contribution in [2.75, 3.05) is 46.2 Å². The van der Waals surface area contributed by atoms with Crippen LogP contribution in [0.4, 0.5) is 0 Å². The van der Waals surface area contributed by atoms with E-state index in [0.717, 1.165) is 6.08 Å². The lowest BCUT2D eigenvalue weighted by Gasteiger charge is -2.07. The van der Waals surface area contributed by atoms with Gasteiger partial charge in [0.2, 0.25) is 0 Å². The molecular formula is C14H22O7. The summed E-state index contributed by atoms with van der Waals surface area (Å²) in [4.78, 5) is 21.1. The molecule has 0 aliphatic heterocycles. The molecule has 1 N–H and O–H groups in total. The average molecular weight is 302 g/mol. The van der Waals surface area contributed by atoms with Gasteiger partial charge in [-0.25, -0.2) is 9.59 Å². The summed E-state index contributed by atoms with van der Waals surface area (Å²) in [7, 11) is 0. The lowest BCUT2D eigenvalue weighted by atomic mass is 10.2. The molecule has 0 radical (unpaired) electrons. The Balaban J connectivity index is 3.16. The molecule has 0 aromatic rings. The van der Waals surface area contributed by atoms with Gasteiger partial charge in [-0.15, -0.1) is 0 Å². The van der Waals surface area contributed by atoms with Gasteiger partial charge in [0.15, 0.2) is 0 Å². The molecule has 0 fully saturated rings. The highest BCUT2D eigenvalue weighted by molar-refractivity contribution is 5.85. The first kappa shape index (κ1) is 19.3. The van der Waals surface area contributed by atoms with Crippen LogP contribution in [0.1, 0.15) is 6.42 Å². The second kappa shape index (κ2) is 13.3. The van der Waals surface area contributed by atoms with Crippen molar-refractivity contribution in [1.29, 1.82) is 0 Å². The van der Waals surface area contributed by atoms with E-state index < -0.39 is 11.9 Å². The predicted octanol–water partition coefficient (Wildman–Crippen LogP) is 0.796. The number of aliphatic carboxylic acids is 1. The van der Waals surface area contributed by atoms with Crippen LogP contribution in [0.5, 0.6) is 0 Å². The molecule has 0 aliphatic carbocycles. The maximum absolute atomic E-state index is 10.7. The summed E-state index contributed by atoms with van der Waals surface area (Å²) in [5.74, 6) is -1.48. The van der Waals surface area contributed by atoms with Gasteiger partial charge in [0.05, 0.1) is 39.6 Å². The van der Waals surface area contributed by atoms with Crippen molar-refractivity contribution in [1.82, 2.24) is 0 Å². The molecule has 0 amide bonds. The molecule has 0 spiro atoms. The van der Waals surface area contributed by atoms with Crippen molar-refractivity contribution >= 4 is 11.9 Å². The molecular weight excluding hydrogens is 280 g/mol. The lowest BCUT2D eigenvalue weighted by Crippen LogP contribution is -2.13. The van der Waals surface area contributed by atoms with Crippen LogP contribution >= 0.6 is 0 Å². The maximum Gasteiger partial charge on any atom is 0.331 e. The Morgan fingerprint density at radius 2 is 1.38 bits per heavy atom. The highest BCUT2D eigenvalue weighted by atomic mass is 16.6. The lowest BCUT2D eigenvalue weighted by molar-refractivity contribution is -0.139. The topological polar surface area (TPSA) is 91.3 Å². The third kappa shape index (κ3) is 13.1. The van der Waals surface area contributed by atoms with Crippen molar-refractivity contribution in [2.24, 2.45) is 0 Å². The first-order valence-corrected chi connectivity index (χ1v) is 6.51. The minimum Gasteiger partial charge on any atom is -0.478 e. The van der Waals surface area contributed by atoms with Gasteiger partial charge in [0, 0.05) is 18.1 Å². The summed E-state index contributed by atoms with van der Waals surface area (Å²) >= 11 is 0. The van der Waals surface area contributed by atoms with Gasteiger partial charge in [0.1, 0.15) is 6.61 Å². The Morgan fingerprint density at radius 1 is 0.905 bits per heavy atom. The minimum absolute atomic E-state index is 0.126. The van der Waals surface area contributed by atoms with Gasteiger partial charge in [-0.2, -0.15) is 0 Å². The number of carboxylic acid groups (broad SMARTS) is 1. The molecule has 0 rings (SSSR count). The zero-order valence-electron chi connectivity index (χ0n) is 12.0. The Kier molecular flexibility index (Phi) is 12.2. The number of carbonyl (C=O) groups excluding carboxylic acids is 1. The molecule has 7 nitrogen and oxygen atoms in total. The van der Waals surface area contributed by atoms with Gasteiger partial charge >= 0.3 is 11.9 Å². The molecule has 7 heteroatoms. The molecule has 0 saturated carbocycles. The zero-order valence-corrected chi connectivity index (χ0v) is 12.0. The molecule has 0 aliphatic rings. The Morgan fingerprint density at radius 3 is 1.86 bits per heavy atom. The van der Waals surface area contributed by atoms with Crippen molar-refractivity contribution in [2.45, 2.75) is 6.42 Å². The summed E-state index contributed by atoms with van der Waals surface area (Å²) in [6.45, 7) is 9.02. The van der Waals surface area contributed by atoms with E-state index in [2.05, 4.69) is 13.2 Å². The van der Waals surface area contributed by atoms with Crippen LogP contribution < -0.4 is 0 Å². The van der Waals surface area contributed by atoms with E-state index >= 15 is 0 Å². The van der Waals surface area contributed by atoms with Crippen LogP contribution in [-0.2, 0) is 28.5 Å². The summed E-state index contributed by atoms with van der Waals surface area (Å²) < 4.78 is 20.3.